The first kappa shape index (κ1) is 18.2. The van der Waals surface area contributed by atoms with Gasteiger partial charge in [0.25, 0.3) is 5.91 Å². The fraction of sp³-hybridized carbons (Fsp3) is 0.211. The van der Waals surface area contributed by atoms with Gasteiger partial charge in [-0.05, 0) is 29.8 Å². The lowest BCUT2D eigenvalue weighted by Gasteiger charge is -2.18. The van der Waals surface area contributed by atoms with Gasteiger partial charge in [-0.25, -0.2) is 4.79 Å². The molecule has 0 saturated carbocycles. The molecule has 0 saturated heterocycles. The fourth-order valence-corrected chi connectivity index (χ4v) is 2.34. The van der Waals surface area contributed by atoms with E-state index in [1.54, 1.807) is 42.5 Å². The lowest BCUT2D eigenvalue weighted by molar-refractivity contribution is -0.120. The third-order valence-electron chi connectivity index (χ3n) is 3.63. The van der Waals surface area contributed by atoms with E-state index in [1.807, 2.05) is 0 Å². The van der Waals surface area contributed by atoms with E-state index >= 15 is 0 Å². The Bertz CT molecular complexity index is 848. The van der Waals surface area contributed by atoms with Gasteiger partial charge in [-0.3, -0.25) is 4.79 Å². The molecule has 1 aliphatic rings. The van der Waals surface area contributed by atoms with Crippen LogP contribution in [-0.4, -0.2) is 45.0 Å². The maximum Gasteiger partial charge on any atom is 0.337 e. The first-order valence-corrected chi connectivity index (χ1v) is 8.19. The van der Waals surface area contributed by atoms with Gasteiger partial charge in [-0.2, -0.15) is 0 Å². The Morgan fingerprint density at radius 1 is 1.11 bits per heavy atom. The number of nitrogens with one attached hydrogen (secondary N) is 1. The minimum absolute atomic E-state index is 0.245. The number of esters is 1. The molecule has 0 bridgehead atoms. The molecule has 0 fully saturated rings. The number of benzene rings is 2. The number of amides is 1. The standard InChI is InChI=1S/C19H18N2O6/c1-24-19(23)14-4-2-13(3-5-14)11-20-27-12-18(22)21-15-6-7-16-17(10-15)26-9-8-25-16/h2-7,10-11H,8-9,12H2,1H3,(H,21,22)/b20-11-. The van der Waals surface area contributed by atoms with Crippen molar-refractivity contribution in [3.8, 4) is 11.5 Å². The third kappa shape index (κ3) is 4.97. The maximum atomic E-state index is 11.9. The van der Waals surface area contributed by atoms with E-state index in [-0.39, 0.29) is 12.5 Å². The van der Waals surface area contributed by atoms with Crippen molar-refractivity contribution in [2.45, 2.75) is 0 Å². The molecule has 8 heteroatoms. The molecular formula is C19H18N2O6. The molecule has 0 unspecified atom stereocenters. The molecule has 140 valence electrons. The van der Waals surface area contributed by atoms with Gasteiger partial charge in [0.15, 0.2) is 18.1 Å². The largest absolute Gasteiger partial charge is 0.486 e. The van der Waals surface area contributed by atoms with E-state index in [9.17, 15) is 9.59 Å². The van der Waals surface area contributed by atoms with Crippen LogP contribution in [0.3, 0.4) is 0 Å². The highest BCUT2D eigenvalue weighted by molar-refractivity contribution is 5.92. The summed E-state index contributed by atoms with van der Waals surface area (Å²) >= 11 is 0. The Hall–Kier alpha value is -3.55. The lowest BCUT2D eigenvalue weighted by atomic mass is 10.1. The third-order valence-corrected chi connectivity index (χ3v) is 3.63. The van der Waals surface area contributed by atoms with E-state index in [2.05, 4.69) is 15.2 Å². The summed E-state index contributed by atoms with van der Waals surface area (Å²) in [5, 5.41) is 6.43. The van der Waals surface area contributed by atoms with Crippen molar-refractivity contribution in [3.05, 3.63) is 53.6 Å². The number of hydrogen-bond acceptors (Lipinski definition) is 7. The van der Waals surface area contributed by atoms with E-state index in [1.165, 1.54) is 13.3 Å². The van der Waals surface area contributed by atoms with Gasteiger partial charge >= 0.3 is 5.97 Å². The summed E-state index contributed by atoms with van der Waals surface area (Å²) in [6.07, 6.45) is 1.44. The fourth-order valence-electron chi connectivity index (χ4n) is 2.34. The molecule has 27 heavy (non-hydrogen) atoms. The second kappa shape index (κ2) is 8.70. The molecule has 8 nitrogen and oxygen atoms in total. The highest BCUT2D eigenvalue weighted by atomic mass is 16.6. The summed E-state index contributed by atoms with van der Waals surface area (Å²) in [4.78, 5) is 28.3. The van der Waals surface area contributed by atoms with Crippen LogP contribution < -0.4 is 14.8 Å². The number of fused-ring (bicyclic) bond motifs is 1. The van der Waals surface area contributed by atoms with Crippen molar-refractivity contribution in [2.75, 3.05) is 32.2 Å². The molecule has 2 aromatic rings. The number of anilines is 1. The second-order valence-corrected chi connectivity index (χ2v) is 5.53. The molecule has 1 N–H and O–H groups in total. The quantitative estimate of drug-likeness (QED) is 0.476. The van der Waals surface area contributed by atoms with Gasteiger partial charge in [0.05, 0.1) is 18.9 Å². The van der Waals surface area contributed by atoms with Crippen molar-refractivity contribution in [2.24, 2.45) is 5.16 Å². The molecule has 0 radical (unpaired) electrons. The average Bonchev–Trinajstić information content (AvgIpc) is 2.71. The van der Waals surface area contributed by atoms with Crippen LogP contribution >= 0.6 is 0 Å². The minimum atomic E-state index is -0.412. The van der Waals surface area contributed by atoms with Crippen LogP contribution in [0.25, 0.3) is 0 Å². The number of methoxy groups -OCH3 is 1. The second-order valence-electron chi connectivity index (χ2n) is 5.53. The molecular weight excluding hydrogens is 352 g/mol. The Morgan fingerprint density at radius 2 is 1.85 bits per heavy atom. The van der Waals surface area contributed by atoms with Gasteiger partial charge in [0.2, 0.25) is 0 Å². The highest BCUT2D eigenvalue weighted by Gasteiger charge is 2.12. The van der Waals surface area contributed by atoms with Crippen molar-refractivity contribution in [3.63, 3.8) is 0 Å². The molecule has 3 rings (SSSR count). The van der Waals surface area contributed by atoms with Crippen molar-refractivity contribution >= 4 is 23.8 Å². The smallest absolute Gasteiger partial charge is 0.337 e. The van der Waals surface area contributed by atoms with Crippen LogP contribution in [0.5, 0.6) is 11.5 Å². The van der Waals surface area contributed by atoms with Crippen molar-refractivity contribution in [1.29, 1.82) is 0 Å². The van der Waals surface area contributed by atoms with E-state index < -0.39 is 5.97 Å². The number of carbonyl (C=O) groups is 2. The summed E-state index contributed by atoms with van der Waals surface area (Å²) in [7, 11) is 1.32. The van der Waals surface area contributed by atoms with Gasteiger partial charge in [0.1, 0.15) is 13.2 Å². The summed E-state index contributed by atoms with van der Waals surface area (Å²) in [6, 6.07) is 11.8. The van der Waals surface area contributed by atoms with Gasteiger partial charge in [-0.1, -0.05) is 17.3 Å². The molecule has 1 amide bonds. The normalized spacial score (nSPS) is 12.5. The average molecular weight is 370 g/mol. The zero-order chi connectivity index (χ0) is 19.1. The number of carbonyl (C=O) groups excluding carboxylic acids is 2. The first-order valence-electron chi connectivity index (χ1n) is 8.19. The summed E-state index contributed by atoms with van der Waals surface area (Å²) < 4.78 is 15.5. The van der Waals surface area contributed by atoms with Crippen LogP contribution in [0.1, 0.15) is 15.9 Å². The van der Waals surface area contributed by atoms with Crippen LogP contribution in [0.15, 0.2) is 47.6 Å². The molecule has 1 aliphatic heterocycles. The van der Waals surface area contributed by atoms with Gasteiger partial charge in [-0.15, -0.1) is 0 Å². The monoisotopic (exact) mass is 370 g/mol. The predicted octanol–water partition coefficient (Wildman–Crippen LogP) is 2.23. The number of nitrogens with zero attached hydrogens (tertiary/aromatic N) is 1. The van der Waals surface area contributed by atoms with Crippen LogP contribution in [0, 0.1) is 0 Å². The van der Waals surface area contributed by atoms with Crippen LogP contribution in [0.4, 0.5) is 5.69 Å². The van der Waals surface area contributed by atoms with Crippen molar-refractivity contribution in [1.82, 2.24) is 0 Å². The number of hydrogen-bond donors (Lipinski definition) is 1. The van der Waals surface area contributed by atoms with Crippen LogP contribution in [-0.2, 0) is 14.4 Å². The van der Waals surface area contributed by atoms with Gasteiger partial charge < -0.3 is 24.4 Å². The number of oxime groups is 1. The zero-order valence-electron chi connectivity index (χ0n) is 14.6. The summed E-state index contributed by atoms with van der Waals surface area (Å²) in [5.41, 5.74) is 1.74. The van der Waals surface area contributed by atoms with E-state index in [4.69, 9.17) is 14.3 Å². The van der Waals surface area contributed by atoms with Crippen LogP contribution in [0.2, 0.25) is 0 Å². The Labute approximate surface area is 155 Å². The van der Waals surface area contributed by atoms with E-state index in [0.717, 1.165) is 5.56 Å². The molecule has 2 aromatic carbocycles. The minimum Gasteiger partial charge on any atom is -0.486 e. The Morgan fingerprint density at radius 3 is 2.59 bits per heavy atom. The zero-order valence-corrected chi connectivity index (χ0v) is 14.6. The topological polar surface area (TPSA) is 95.5 Å². The van der Waals surface area contributed by atoms with Crippen molar-refractivity contribution < 1.29 is 28.6 Å². The SMILES string of the molecule is COC(=O)c1ccc(/C=N\OCC(=O)Nc2ccc3c(c2)OCCO3)cc1. The lowest BCUT2D eigenvalue weighted by Crippen LogP contribution is -2.18. The van der Waals surface area contributed by atoms with Gasteiger partial charge in [0, 0.05) is 11.8 Å². The summed E-state index contributed by atoms with van der Waals surface area (Å²) in [5.74, 6) is 0.474. The number of rotatable bonds is 6. The molecule has 0 spiro atoms. The highest BCUT2D eigenvalue weighted by Crippen LogP contribution is 2.32. The predicted molar refractivity (Wildman–Crippen MR) is 97.4 cm³/mol. The Balaban J connectivity index is 1.46. The first-order chi connectivity index (χ1) is 13.2. The molecule has 0 aromatic heterocycles. The summed E-state index contributed by atoms with van der Waals surface area (Å²) in [6.45, 7) is 0.740. The van der Waals surface area contributed by atoms with E-state index in [0.29, 0.717) is 36.0 Å². The number of ether oxygens (including phenoxy) is 3. The molecule has 0 atom stereocenters. The molecule has 1 heterocycles. The maximum absolute atomic E-state index is 11.9. The molecule has 0 aliphatic carbocycles. The Kier molecular flexibility index (Phi) is 5.88.